The zero-order valence-electron chi connectivity index (χ0n) is 12.2. The van der Waals surface area contributed by atoms with E-state index >= 15 is 0 Å². The number of rotatable bonds is 11. The number of imide groups is 1. The molecule has 0 aromatic rings. The lowest BCUT2D eigenvalue weighted by molar-refractivity contribution is -0.198. The molecule has 0 radical (unpaired) electrons. The summed E-state index contributed by atoms with van der Waals surface area (Å²) in [5.41, 5.74) is 0. The molecule has 0 aromatic carbocycles. The van der Waals surface area contributed by atoms with Gasteiger partial charge in [0, 0.05) is 18.6 Å². The van der Waals surface area contributed by atoms with E-state index in [1.54, 1.807) is 0 Å². The van der Waals surface area contributed by atoms with E-state index in [1.165, 1.54) is 0 Å². The number of ether oxygens (including phenoxy) is 2. The van der Waals surface area contributed by atoms with E-state index in [0.29, 0.717) is 24.9 Å². The summed E-state index contributed by atoms with van der Waals surface area (Å²) in [4.78, 5) is 38.5. The molecular weight excluding hydrogens is 298 g/mol. The summed E-state index contributed by atoms with van der Waals surface area (Å²) in [6.45, 7) is 3.81. The van der Waals surface area contributed by atoms with E-state index in [9.17, 15) is 14.4 Å². The van der Waals surface area contributed by atoms with E-state index in [2.05, 4.69) is 11.8 Å². The summed E-state index contributed by atoms with van der Waals surface area (Å²) in [6, 6.07) is 0. The molecule has 120 valence electrons. The molecule has 1 saturated heterocycles. The lowest BCUT2D eigenvalue weighted by Gasteiger charge is -2.12. The number of thioether (sulfide) groups is 1. The van der Waals surface area contributed by atoms with Gasteiger partial charge in [0.15, 0.2) is 0 Å². The smallest absolute Gasteiger partial charge is 0.335 e. The second kappa shape index (κ2) is 10.6. The highest BCUT2D eigenvalue weighted by atomic mass is 32.2. The molecule has 0 bridgehead atoms. The zero-order chi connectivity index (χ0) is 15.5. The first-order chi connectivity index (χ1) is 10.1. The van der Waals surface area contributed by atoms with Crippen LogP contribution in [0, 0.1) is 0 Å². The molecule has 7 nitrogen and oxygen atoms in total. The van der Waals surface area contributed by atoms with Crippen LogP contribution in [0.25, 0.3) is 0 Å². The summed E-state index contributed by atoms with van der Waals surface area (Å²) >= 11 is 1.81. The van der Waals surface area contributed by atoms with Crippen molar-refractivity contribution in [3.05, 3.63) is 0 Å². The minimum Gasteiger partial charge on any atom is -0.378 e. The Bertz CT molecular complexity index is 347. The Morgan fingerprint density at radius 3 is 2.33 bits per heavy atom. The first-order valence-electron chi connectivity index (χ1n) is 6.95. The second-order valence-corrected chi connectivity index (χ2v) is 5.61. The molecule has 1 fully saturated rings. The molecule has 1 aliphatic heterocycles. The van der Waals surface area contributed by atoms with Gasteiger partial charge < -0.3 is 14.3 Å². The van der Waals surface area contributed by atoms with Gasteiger partial charge in [0.25, 0.3) is 11.8 Å². The van der Waals surface area contributed by atoms with Crippen molar-refractivity contribution in [1.82, 2.24) is 5.06 Å². The van der Waals surface area contributed by atoms with Crippen LogP contribution in [0.3, 0.4) is 0 Å². The van der Waals surface area contributed by atoms with Crippen LogP contribution >= 0.6 is 11.8 Å². The number of hydroxylamine groups is 2. The van der Waals surface area contributed by atoms with Crippen molar-refractivity contribution in [1.29, 1.82) is 0 Å². The molecule has 0 saturated carbocycles. The first-order valence-corrected chi connectivity index (χ1v) is 8.10. The Morgan fingerprint density at radius 1 is 1.10 bits per heavy atom. The van der Waals surface area contributed by atoms with Crippen molar-refractivity contribution in [3.63, 3.8) is 0 Å². The van der Waals surface area contributed by atoms with Gasteiger partial charge in [-0.2, -0.15) is 11.8 Å². The van der Waals surface area contributed by atoms with Gasteiger partial charge in [-0.25, -0.2) is 4.79 Å². The van der Waals surface area contributed by atoms with E-state index in [0.717, 1.165) is 11.5 Å². The SMILES string of the molecule is CCSCCOCCOCCC(=O)ON1C(=O)CCC1=O. The molecule has 1 rings (SSSR count). The van der Waals surface area contributed by atoms with E-state index in [1.807, 2.05) is 11.8 Å². The van der Waals surface area contributed by atoms with Gasteiger partial charge in [0.1, 0.15) is 0 Å². The minimum absolute atomic E-state index is 0.0112. The maximum absolute atomic E-state index is 11.4. The van der Waals surface area contributed by atoms with Crippen molar-refractivity contribution in [2.24, 2.45) is 0 Å². The number of amides is 2. The highest BCUT2D eigenvalue weighted by molar-refractivity contribution is 7.99. The van der Waals surface area contributed by atoms with Crippen LogP contribution in [-0.4, -0.2) is 60.8 Å². The second-order valence-electron chi connectivity index (χ2n) is 4.22. The predicted octanol–water partition coefficient (Wildman–Crippen LogP) is 0.770. The molecule has 0 aromatic heterocycles. The fourth-order valence-electron chi connectivity index (χ4n) is 1.54. The topological polar surface area (TPSA) is 82.1 Å². The third-order valence-electron chi connectivity index (χ3n) is 2.60. The van der Waals surface area contributed by atoms with Crippen molar-refractivity contribution in [2.45, 2.75) is 26.2 Å². The van der Waals surface area contributed by atoms with Gasteiger partial charge in [-0.3, -0.25) is 9.59 Å². The standard InChI is InChI=1S/C13H21NO6S/c1-2-21-10-9-19-8-7-18-6-5-13(17)20-14-11(15)3-4-12(14)16/h2-10H2,1H3. The largest absolute Gasteiger partial charge is 0.378 e. The number of nitrogens with zero attached hydrogens (tertiary/aromatic N) is 1. The quantitative estimate of drug-likeness (QED) is 0.411. The molecule has 2 amide bonds. The van der Waals surface area contributed by atoms with Crippen LogP contribution in [0.2, 0.25) is 0 Å². The van der Waals surface area contributed by atoms with Crippen LogP contribution in [0.15, 0.2) is 0 Å². The van der Waals surface area contributed by atoms with Crippen molar-refractivity contribution >= 4 is 29.5 Å². The normalized spacial score (nSPS) is 14.8. The fourth-order valence-corrected chi connectivity index (χ4v) is 2.07. The number of hydrogen-bond acceptors (Lipinski definition) is 7. The molecule has 1 heterocycles. The molecule has 0 aliphatic carbocycles. The number of carbonyl (C=O) groups is 3. The lowest BCUT2D eigenvalue weighted by Crippen LogP contribution is -2.32. The molecule has 0 unspecified atom stereocenters. The first kappa shape index (κ1) is 17.9. The lowest BCUT2D eigenvalue weighted by atomic mass is 10.4. The van der Waals surface area contributed by atoms with Crippen LogP contribution in [0.5, 0.6) is 0 Å². The van der Waals surface area contributed by atoms with Gasteiger partial charge in [0.2, 0.25) is 0 Å². The summed E-state index contributed by atoms with van der Waals surface area (Å²) < 4.78 is 10.5. The Kier molecular flexibility index (Phi) is 9.04. The Labute approximate surface area is 128 Å². The Balaban J connectivity index is 1.96. The summed E-state index contributed by atoms with van der Waals surface area (Å²) in [5.74, 6) is 0.421. The highest BCUT2D eigenvalue weighted by Crippen LogP contribution is 2.12. The maximum atomic E-state index is 11.4. The average Bonchev–Trinajstić information content (AvgIpc) is 2.77. The van der Waals surface area contributed by atoms with Gasteiger partial charge in [-0.1, -0.05) is 6.92 Å². The van der Waals surface area contributed by atoms with Crippen LogP contribution in [-0.2, 0) is 28.7 Å². The van der Waals surface area contributed by atoms with Gasteiger partial charge in [-0.05, 0) is 5.75 Å². The van der Waals surface area contributed by atoms with E-state index in [-0.39, 0.29) is 25.9 Å². The monoisotopic (exact) mass is 319 g/mol. The van der Waals surface area contributed by atoms with Crippen LogP contribution in [0.1, 0.15) is 26.2 Å². The summed E-state index contributed by atoms with van der Waals surface area (Å²) in [5, 5.41) is 0.539. The Hall–Kier alpha value is -1.12. The van der Waals surface area contributed by atoms with Gasteiger partial charge >= 0.3 is 5.97 Å². The molecule has 0 atom stereocenters. The van der Waals surface area contributed by atoms with Crippen molar-refractivity contribution < 1.29 is 28.7 Å². The van der Waals surface area contributed by atoms with Gasteiger partial charge in [-0.15, -0.1) is 5.06 Å². The number of carbonyl (C=O) groups excluding carboxylic acids is 3. The molecular formula is C13H21NO6S. The van der Waals surface area contributed by atoms with Crippen LogP contribution < -0.4 is 0 Å². The summed E-state index contributed by atoms with van der Waals surface area (Å²) in [7, 11) is 0. The van der Waals surface area contributed by atoms with Crippen molar-refractivity contribution in [2.75, 3.05) is 37.9 Å². The van der Waals surface area contributed by atoms with Crippen LogP contribution in [0.4, 0.5) is 0 Å². The molecule has 0 N–H and O–H groups in total. The zero-order valence-corrected chi connectivity index (χ0v) is 13.0. The third-order valence-corrected chi connectivity index (χ3v) is 3.46. The van der Waals surface area contributed by atoms with E-state index in [4.69, 9.17) is 9.47 Å². The Morgan fingerprint density at radius 2 is 1.71 bits per heavy atom. The van der Waals surface area contributed by atoms with E-state index < -0.39 is 17.8 Å². The predicted molar refractivity (Wildman–Crippen MR) is 76.4 cm³/mol. The number of hydrogen-bond donors (Lipinski definition) is 0. The van der Waals surface area contributed by atoms with Crippen molar-refractivity contribution in [3.8, 4) is 0 Å². The summed E-state index contributed by atoms with van der Waals surface area (Å²) in [6.07, 6.45) is 0.176. The fraction of sp³-hybridized carbons (Fsp3) is 0.769. The molecule has 1 aliphatic rings. The van der Waals surface area contributed by atoms with Gasteiger partial charge in [0.05, 0.1) is 32.8 Å². The maximum Gasteiger partial charge on any atom is 0.335 e. The minimum atomic E-state index is -0.654. The average molecular weight is 319 g/mol. The molecule has 8 heteroatoms. The molecule has 21 heavy (non-hydrogen) atoms. The third kappa shape index (κ3) is 7.45. The molecule has 0 spiro atoms. The highest BCUT2D eigenvalue weighted by Gasteiger charge is 2.32.